The van der Waals surface area contributed by atoms with Gasteiger partial charge in [-0.3, -0.25) is 14.9 Å². The smallest absolute Gasteiger partial charge is 0.270 e. The molecule has 1 amide bonds. The summed E-state index contributed by atoms with van der Waals surface area (Å²) < 4.78 is 0. The van der Waals surface area contributed by atoms with Gasteiger partial charge in [-0.15, -0.1) is 0 Å². The highest BCUT2D eigenvalue weighted by molar-refractivity contribution is 5.96. The molecule has 2 N–H and O–H groups in total. The average molecular weight is 294 g/mol. The zero-order valence-corrected chi connectivity index (χ0v) is 12.8. The number of hydrogen-bond acceptors (Lipinski definition) is 4. The molecule has 0 aliphatic heterocycles. The van der Waals surface area contributed by atoms with Crippen molar-refractivity contribution >= 4 is 11.6 Å². The molecular formula is C15H22N2O4. The number of aryl methyl sites for hydroxylation is 1. The Labute approximate surface area is 124 Å². The van der Waals surface area contributed by atoms with Crippen LogP contribution in [0.4, 0.5) is 5.69 Å². The van der Waals surface area contributed by atoms with E-state index in [1.165, 1.54) is 12.1 Å². The molecule has 0 aromatic heterocycles. The molecule has 0 radical (unpaired) electrons. The highest BCUT2D eigenvalue weighted by Gasteiger charge is 2.28. The molecule has 1 aromatic carbocycles. The molecule has 0 fully saturated rings. The van der Waals surface area contributed by atoms with Gasteiger partial charge in [0.05, 0.1) is 10.5 Å². The molecule has 0 spiro atoms. The first-order valence-electron chi connectivity index (χ1n) is 6.94. The summed E-state index contributed by atoms with van der Waals surface area (Å²) >= 11 is 0. The Balaban J connectivity index is 2.85. The number of carbonyl (C=O) groups excluding carboxylic acids is 1. The van der Waals surface area contributed by atoms with Gasteiger partial charge in [-0.1, -0.05) is 26.3 Å². The summed E-state index contributed by atoms with van der Waals surface area (Å²) in [7, 11) is 0. The normalized spacial score (nSPS) is 15.1. The van der Waals surface area contributed by atoms with Gasteiger partial charge in [0.1, 0.15) is 0 Å². The van der Waals surface area contributed by atoms with E-state index in [1.807, 2.05) is 13.8 Å². The van der Waals surface area contributed by atoms with Gasteiger partial charge in [0.2, 0.25) is 0 Å². The topological polar surface area (TPSA) is 92.5 Å². The molecule has 1 aromatic rings. The Kier molecular flexibility index (Phi) is 5.43. The van der Waals surface area contributed by atoms with Crippen molar-refractivity contribution in [2.24, 2.45) is 5.92 Å². The van der Waals surface area contributed by atoms with Crippen molar-refractivity contribution in [3.63, 3.8) is 0 Å². The third-order valence-electron chi connectivity index (χ3n) is 3.96. The maximum absolute atomic E-state index is 12.2. The van der Waals surface area contributed by atoms with Crippen molar-refractivity contribution < 1.29 is 14.8 Å². The van der Waals surface area contributed by atoms with E-state index in [0.29, 0.717) is 5.56 Å². The van der Waals surface area contributed by atoms with Gasteiger partial charge < -0.3 is 10.4 Å². The summed E-state index contributed by atoms with van der Waals surface area (Å²) in [5.74, 6) is -0.385. The molecular weight excluding hydrogens is 272 g/mol. The standard InChI is InChI=1S/C15H22N2O4/c1-5-11(3)15(4,19)9-16-14(18)13-8-12(17(20)21)7-6-10(13)2/h6-8,11,19H,5,9H2,1-4H3,(H,16,18)/t11-,15+/m0/s1. The minimum absolute atomic E-state index is 0.0315. The summed E-state index contributed by atoms with van der Waals surface area (Å²) in [6.45, 7) is 7.35. The fraction of sp³-hybridized carbons (Fsp3) is 0.533. The molecule has 0 saturated heterocycles. The highest BCUT2D eigenvalue weighted by atomic mass is 16.6. The summed E-state index contributed by atoms with van der Waals surface area (Å²) in [6.07, 6.45) is 0.790. The number of hydrogen-bond donors (Lipinski definition) is 2. The lowest BCUT2D eigenvalue weighted by molar-refractivity contribution is -0.384. The predicted octanol–water partition coefficient (Wildman–Crippen LogP) is 2.43. The Morgan fingerprint density at radius 1 is 1.52 bits per heavy atom. The van der Waals surface area contributed by atoms with Crippen molar-refractivity contribution in [1.29, 1.82) is 0 Å². The molecule has 116 valence electrons. The quantitative estimate of drug-likeness (QED) is 0.622. The van der Waals surface area contributed by atoms with Crippen LogP contribution in [0.5, 0.6) is 0 Å². The lowest BCUT2D eigenvalue weighted by atomic mass is 9.88. The number of rotatable bonds is 6. The van der Waals surface area contributed by atoms with Crippen LogP contribution in [0.1, 0.15) is 43.1 Å². The Morgan fingerprint density at radius 3 is 2.67 bits per heavy atom. The number of nitro benzene ring substituents is 1. The number of amides is 1. The first-order valence-corrected chi connectivity index (χ1v) is 6.94. The first-order chi connectivity index (χ1) is 9.69. The average Bonchev–Trinajstić information content (AvgIpc) is 2.44. The molecule has 6 heteroatoms. The zero-order valence-electron chi connectivity index (χ0n) is 12.8. The van der Waals surface area contributed by atoms with E-state index in [1.54, 1.807) is 19.9 Å². The summed E-state index contributed by atoms with van der Waals surface area (Å²) in [5.41, 5.74) is -0.233. The van der Waals surface area contributed by atoms with Crippen LogP contribution in [0, 0.1) is 23.0 Å². The molecule has 0 unspecified atom stereocenters. The third kappa shape index (κ3) is 4.26. The zero-order chi connectivity index (χ0) is 16.2. The minimum Gasteiger partial charge on any atom is -0.388 e. The van der Waals surface area contributed by atoms with E-state index in [4.69, 9.17) is 0 Å². The highest BCUT2D eigenvalue weighted by Crippen LogP contribution is 2.20. The van der Waals surface area contributed by atoms with Crippen LogP contribution in [0.2, 0.25) is 0 Å². The molecule has 1 rings (SSSR count). The SMILES string of the molecule is CC[C@H](C)[C@](C)(O)CNC(=O)c1cc([N+](=O)[O-])ccc1C. The Hall–Kier alpha value is -1.95. The molecule has 0 aliphatic rings. The van der Waals surface area contributed by atoms with E-state index in [0.717, 1.165) is 6.42 Å². The van der Waals surface area contributed by atoms with Crippen LogP contribution >= 0.6 is 0 Å². The van der Waals surface area contributed by atoms with E-state index < -0.39 is 16.4 Å². The number of non-ortho nitro benzene ring substituents is 1. The fourth-order valence-corrected chi connectivity index (χ4v) is 1.94. The molecule has 0 bridgehead atoms. The molecule has 2 atom stereocenters. The Bertz CT molecular complexity index is 540. The van der Waals surface area contributed by atoms with Crippen molar-refractivity contribution in [2.75, 3.05) is 6.54 Å². The van der Waals surface area contributed by atoms with Crippen LogP contribution in [0.25, 0.3) is 0 Å². The molecule has 0 aliphatic carbocycles. The van der Waals surface area contributed by atoms with Crippen molar-refractivity contribution in [3.8, 4) is 0 Å². The second-order valence-electron chi connectivity index (χ2n) is 5.61. The van der Waals surface area contributed by atoms with Crippen molar-refractivity contribution in [1.82, 2.24) is 5.32 Å². The van der Waals surface area contributed by atoms with Gasteiger partial charge in [0.15, 0.2) is 0 Å². The van der Waals surface area contributed by atoms with Gasteiger partial charge >= 0.3 is 0 Å². The molecule has 6 nitrogen and oxygen atoms in total. The largest absolute Gasteiger partial charge is 0.388 e. The van der Waals surface area contributed by atoms with E-state index in [2.05, 4.69) is 5.32 Å². The second kappa shape index (κ2) is 6.67. The number of benzene rings is 1. The van der Waals surface area contributed by atoms with Crippen LogP contribution in [-0.2, 0) is 0 Å². The van der Waals surface area contributed by atoms with Crippen LogP contribution in [-0.4, -0.2) is 28.1 Å². The predicted molar refractivity (Wildman–Crippen MR) is 80.2 cm³/mol. The number of aliphatic hydroxyl groups is 1. The summed E-state index contributed by atoms with van der Waals surface area (Å²) in [6, 6.07) is 4.16. The van der Waals surface area contributed by atoms with Gasteiger partial charge in [-0.25, -0.2) is 0 Å². The Morgan fingerprint density at radius 2 is 2.14 bits per heavy atom. The summed E-state index contributed by atoms with van der Waals surface area (Å²) in [4.78, 5) is 22.4. The number of carbonyl (C=O) groups is 1. The van der Waals surface area contributed by atoms with Gasteiger partial charge in [-0.2, -0.15) is 0 Å². The van der Waals surface area contributed by atoms with Crippen LogP contribution in [0.15, 0.2) is 18.2 Å². The monoisotopic (exact) mass is 294 g/mol. The van der Waals surface area contributed by atoms with Crippen molar-refractivity contribution in [2.45, 2.75) is 39.7 Å². The lowest BCUT2D eigenvalue weighted by Gasteiger charge is -2.29. The molecule has 0 heterocycles. The molecule has 0 saturated carbocycles. The number of nitrogens with zero attached hydrogens (tertiary/aromatic N) is 1. The van der Waals surface area contributed by atoms with E-state index in [-0.39, 0.29) is 23.7 Å². The van der Waals surface area contributed by atoms with Crippen LogP contribution in [0.3, 0.4) is 0 Å². The number of nitrogens with one attached hydrogen (secondary N) is 1. The number of nitro groups is 1. The first kappa shape index (κ1) is 17.1. The maximum Gasteiger partial charge on any atom is 0.270 e. The van der Waals surface area contributed by atoms with Crippen molar-refractivity contribution in [3.05, 3.63) is 39.4 Å². The van der Waals surface area contributed by atoms with Gasteiger partial charge in [0, 0.05) is 24.2 Å². The van der Waals surface area contributed by atoms with Gasteiger partial charge in [-0.05, 0) is 25.3 Å². The minimum atomic E-state index is -1.01. The third-order valence-corrected chi connectivity index (χ3v) is 3.96. The summed E-state index contributed by atoms with van der Waals surface area (Å²) in [5, 5.41) is 23.7. The van der Waals surface area contributed by atoms with E-state index in [9.17, 15) is 20.0 Å². The molecule has 21 heavy (non-hydrogen) atoms. The van der Waals surface area contributed by atoms with Crippen LogP contribution < -0.4 is 5.32 Å². The fourth-order valence-electron chi connectivity index (χ4n) is 1.94. The second-order valence-corrected chi connectivity index (χ2v) is 5.61. The maximum atomic E-state index is 12.2. The van der Waals surface area contributed by atoms with E-state index >= 15 is 0 Å². The van der Waals surface area contributed by atoms with Gasteiger partial charge in [0.25, 0.3) is 11.6 Å². The lowest BCUT2D eigenvalue weighted by Crippen LogP contribution is -2.45.